The Bertz CT molecular complexity index is 546. The molecule has 1 aromatic carbocycles. The van der Waals surface area contributed by atoms with Crippen LogP contribution in [-0.4, -0.2) is 50.1 Å². The molecule has 1 rings (SSSR count). The van der Waals surface area contributed by atoms with Crippen LogP contribution in [0.25, 0.3) is 0 Å². The fourth-order valence-electron chi connectivity index (χ4n) is 2.41. The van der Waals surface area contributed by atoms with E-state index in [0.717, 1.165) is 0 Å². The second-order valence-corrected chi connectivity index (χ2v) is 5.81. The Morgan fingerprint density at radius 3 is 1.92 bits per heavy atom. The van der Waals surface area contributed by atoms with Crippen molar-refractivity contribution in [2.24, 2.45) is 5.92 Å². The van der Waals surface area contributed by atoms with Crippen LogP contribution in [0.3, 0.4) is 0 Å². The number of hydrogen-bond donors (Lipinski definition) is 1. The molecule has 1 N–H and O–H groups in total. The maximum Gasteiger partial charge on any atom is 0.252 e. The number of rotatable bonds is 8. The lowest BCUT2D eigenvalue weighted by molar-refractivity contribution is -0.133. The molecule has 0 saturated heterocycles. The number of amides is 2. The summed E-state index contributed by atoms with van der Waals surface area (Å²) in [5.41, 5.74) is 0.393. The van der Waals surface area contributed by atoms with Crippen molar-refractivity contribution in [2.75, 3.05) is 27.3 Å². The molecule has 0 unspecified atom stereocenters. The monoisotopic (exact) mass is 336 g/mol. The van der Waals surface area contributed by atoms with Crippen LogP contribution in [0.2, 0.25) is 0 Å². The Morgan fingerprint density at radius 1 is 1.04 bits per heavy atom. The van der Waals surface area contributed by atoms with E-state index in [0.29, 0.717) is 30.2 Å². The van der Waals surface area contributed by atoms with Gasteiger partial charge in [0.1, 0.15) is 17.5 Å². The molecule has 0 bridgehead atoms. The number of methoxy groups -OCH3 is 2. The average Bonchev–Trinajstić information content (AvgIpc) is 2.59. The molecule has 0 aliphatic heterocycles. The first-order valence-corrected chi connectivity index (χ1v) is 8.20. The van der Waals surface area contributed by atoms with Crippen LogP contribution in [-0.2, 0) is 4.79 Å². The normalized spacial score (nSPS) is 11.8. The number of hydrogen-bond acceptors (Lipinski definition) is 4. The molecule has 6 nitrogen and oxygen atoms in total. The molecular formula is C18H28N2O4. The minimum absolute atomic E-state index is 0.0189. The van der Waals surface area contributed by atoms with E-state index in [-0.39, 0.29) is 17.7 Å². The highest BCUT2D eigenvalue weighted by molar-refractivity contribution is 5.98. The summed E-state index contributed by atoms with van der Waals surface area (Å²) in [4.78, 5) is 26.9. The highest BCUT2D eigenvalue weighted by atomic mass is 16.5. The lowest BCUT2D eigenvalue weighted by Crippen LogP contribution is -2.51. The van der Waals surface area contributed by atoms with Crippen LogP contribution in [0.15, 0.2) is 18.2 Å². The molecule has 0 spiro atoms. The Kier molecular flexibility index (Phi) is 7.55. The van der Waals surface area contributed by atoms with Gasteiger partial charge < -0.3 is 19.7 Å². The van der Waals surface area contributed by atoms with Gasteiger partial charge in [0.2, 0.25) is 5.91 Å². The first-order valence-electron chi connectivity index (χ1n) is 8.20. The van der Waals surface area contributed by atoms with Crippen molar-refractivity contribution in [2.45, 2.75) is 33.7 Å². The first-order chi connectivity index (χ1) is 11.4. The number of likely N-dealkylation sites (N-methyl/N-ethyl adjacent to an activating group) is 1. The Hall–Kier alpha value is -2.24. The Labute approximate surface area is 144 Å². The number of nitrogens with zero attached hydrogens (tertiary/aromatic N) is 1. The second kappa shape index (κ2) is 9.15. The summed E-state index contributed by atoms with van der Waals surface area (Å²) < 4.78 is 10.4. The number of nitrogens with one attached hydrogen (secondary N) is 1. The van der Waals surface area contributed by atoms with Gasteiger partial charge in [0.05, 0.1) is 14.2 Å². The van der Waals surface area contributed by atoms with E-state index >= 15 is 0 Å². The molecule has 0 fully saturated rings. The predicted octanol–water partition coefficient (Wildman–Crippen LogP) is 2.33. The van der Waals surface area contributed by atoms with Gasteiger partial charge in [-0.2, -0.15) is 0 Å². The lowest BCUT2D eigenvalue weighted by atomic mass is 10.0. The van der Waals surface area contributed by atoms with E-state index in [1.165, 1.54) is 14.2 Å². The minimum Gasteiger partial charge on any atom is -0.497 e. The molecule has 2 amide bonds. The SMILES string of the molecule is CCN(CC)C(=O)[C@@H](NC(=O)c1cc(OC)cc(OC)c1)C(C)C. The summed E-state index contributed by atoms with van der Waals surface area (Å²) >= 11 is 0. The fraction of sp³-hybridized carbons (Fsp3) is 0.556. The van der Waals surface area contributed by atoms with Gasteiger partial charge in [-0.1, -0.05) is 13.8 Å². The zero-order valence-corrected chi connectivity index (χ0v) is 15.4. The molecule has 0 heterocycles. The number of ether oxygens (including phenoxy) is 2. The van der Waals surface area contributed by atoms with Crippen LogP contribution in [0.4, 0.5) is 0 Å². The molecule has 0 radical (unpaired) electrons. The number of benzene rings is 1. The molecule has 0 aliphatic carbocycles. The van der Waals surface area contributed by atoms with Crippen LogP contribution in [0, 0.1) is 5.92 Å². The zero-order chi connectivity index (χ0) is 18.3. The zero-order valence-electron chi connectivity index (χ0n) is 15.4. The molecule has 6 heteroatoms. The van der Waals surface area contributed by atoms with Crippen molar-refractivity contribution in [1.82, 2.24) is 10.2 Å². The standard InChI is InChI=1S/C18H28N2O4/c1-7-20(8-2)18(22)16(12(3)4)19-17(21)13-9-14(23-5)11-15(10-13)24-6/h9-12,16H,7-8H2,1-6H3,(H,19,21)/t16-/m0/s1. The molecule has 134 valence electrons. The molecule has 1 atom stereocenters. The Morgan fingerprint density at radius 2 is 1.54 bits per heavy atom. The van der Waals surface area contributed by atoms with Gasteiger partial charge in [-0.15, -0.1) is 0 Å². The van der Waals surface area contributed by atoms with E-state index in [1.54, 1.807) is 23.1 Å². The number of carbonyl (C=O) groups is 2. The first kappa shape index (κ1) is 19.8. The maximum absolute atomic E-state index is 12.6. The van der Waals surface area contributed by atoms with Crippen LogP contribution < -0.4 is 14.8 Å². The lowest BCUT2D eigenvalue weighted by Gasteiger charge is -2.28. The van der Waals surface area contributed by atoms with Gasteiger partial charge >= 0.3 is 0 Å². The number of carbonyl (C=O) groups excluding carboxylic acids is 2. The molecular weight excluding hydrogens is 308 g/mol. The Balaban J connectivity index is 3.03. The third-order valence-electron chi connectivity index (χ3n) is 3.91. The third kappa shape index (κ3) is 4.88. The quantitative estimate of drug-likeness (QED) is 0.791. The van der Waals surface area contributed by atoms with Gasteiger partial charge in [-0.25, -0.2) is 0 Å². The highest BCUT2D eigenvalue weighted by Crippen LogP contribution is 2.22. The van der Waals surface area contributed by atoms with E-state index in [4.69, 9.17) is 9.47 Å². The molecule has 24 heavy (non-hydrogen) atoms. The smallest absolute Gasteiger partial charge is 0.252 e. The van der Waals surface area contributed by atoms with Gasteiger partial charge in [-0.05, 0) is 31.9 Å². The largest absolute Gasteiger partial charge is 0.497 e. The summed E-state index contributed by atoms with van der Waals surface area (Å²) in [7, 11) is 3.05. The van der Waals surface area contributed by atoms with Crippen LogP contribution in [0.5, 0.6) is 11.5 Å². The van der Waals surface area contributed by atoms with Crippen molar-refractivity contribution in [3.8, 4) is 11.5 Å². The molecule has 1 aromatic rings. The van der Waals surface area contributed by atoms with Crippen molar-refractivity contribution in [3.05, 3.63) is 23.8 Å². The van der Waals surface area contributed by atoms with Crippen molar-refractivity contribution < 1.29 is 19.1 Å². The third-order valence-corrected chi connectivity index (χ3v) is 3.91. The average molecular weight is 336 g/mol. The second-order valence-electron chi connectivity index (χ2n) is 5.81. The van der Waals surface area contributed by atoms with E-state index in [1.807, 2.05) is 27.7 Å². The van der Waals surface area contributed by atoms with Gasteiger partial charge in [0, 0.05) is 24.7 Å². The van der Waals surface area contributed by atoms with Gasteiger partial charge in [-0.3, -0.25) is 9.59 Å². The topological polar surface area (TPSA) is 67.9 Å². The molecule has 0 saturated carbocycles. The fourth-order valence-corrected chi connectivity index (χ4v) is 2.41. The summed E-state index contributed by atoms with van der Waals surface area (Å²) in [5, 5.41) is 2.84. The van der Waals surface area contributed by atoms with Gasteiger partial charge in [0.15, 0.2) is 0 Å². The highest BCUT2D eigenvalue weighted by Gasteiger charge is 2.28. The summed E-state index contributed by atoms with van der Waals surface area (Å²) in [6, 6.07) is 4.36. The van der Waals surface area contributed by atoms with Crippen molar-refractivity contribution in [3.63, 3.8) is 0 Å². The van der Waals surface area contributed by atoms with Crippen LogP contribution >= 0.6 is 0 Å². The van der Waals surface area contributed by atoms with E-state index in [9.17, 15) is 9.59 Å². The minimum atomic E-state index is -0.574. The van der Waals surface area contributed by atoms with E-state index < -0.39 is 6.04 Å². The van der Waals surface area contributed by atoms with E-state index in [2.05, 4.69) is 5.32 Å². The maximum atomic E-state index is 12.6. The van der Waals surface area contributed by atoms with Crippen LogP contribution in [0.1, 0.15) is 38.1 Å². The van der Waals surface area contributed by atoms with Crippen molar-refractivity contribution in [1.29, 1.82) is 0 Å². The predicted molar refractivity (Wildman–Crippen MR) is 93.6 cm³/mol. The molecule has 0 aromatic heterocycles. The summed E-state index contributed by atoms with van der Waals surface area (Å²) in [6.07, 6.45) is 0. The summed E-state index contributed by atoms with van der Waals surface area (Å²) in [5.74, 6) is 0.630. The van der Waals surface area contributed by atoms with Crippen molar-refractivity contribution >= 4 is 11.8 Å². The summed E-state index contributed by atoms with van der Waals surface area (Å²) in [6.45, 7) is 8.90. The molecule has 0 aliphatic rings. The van der Waals surface area contributed by atoms with Gasteiger partial charge in [0.25, 0.3) is 5.91 Å².